The maximum absolute atomic E-state index is 12.1. The topological polar surface area (TPSA) is 88.5 Å². The van der Waals surface area contributed by atoms with Crippen molar-refractivity contribution in [2.45, 2.75) is 18.9 Å². The summed E-state index contributed by atoms with van der Waals surface area (Å²) < 4.78 is 5.82. The van der Waals surface area contributed by atoms with E-state index >= 15 is 0 Å². The van der Waals surface area contributed by atoms with E-state index in [1.807, 2.05) is 0 Å². The molecule has 108 valence electrons. The minimum absolute atomic E-state index is 0.203. The summed E-state index contributed by atoms with van der Waals surface area (Å²) in [5, 5.41) is 11.9. The number of hydrogen-bond donors (Lipinski definition) is 2. The van der Waals surface area contributed by atoms with E-state index in [2.05, 4.69) is 26.2 Å². The number of carboxylic acids is 1. The third kappa shape index (κ3) is 3.55. The van der Waals surface area contributed by atoms with Crippen LogP contribution in [0.3, 0.4) is 0 Å². The molecule has 0 spiro atoms. The van der Waals surface area contributed by atoms with Crippen LogP contribution < -0.4 is 5.32 Å². The van der Waals surface area contributed by atoms with Gasteiger partial charge in [-0.05, 0) is 34.8 Å². The van der Waals surface area contributed by atoms with Crippen LogP contribution in [-0.2, 0) is 9.53 Å². The van der Waals surface area contributed by atoms with Crippen molar-refractivity contribution in [3.8, 4) is 0 Å². The average molecular weight is 343 g/mol. The standard InChI is InChI=1S/C13H15BrN2O4/c14-10-6-15-4-3-9(10)12(17)16-11(13(18)19)8-2-1-5-20-7-8/h3-4,6,8,11H,1-2,5,7H2,(H,16,17)(H,18,19). The van der Waals surface area contributed by atoms with Crippen LogP contribution in [0.15, 0.2) is 22.9 Å². The van der Waals surface area contributed by atoms with Gasteiger partial charge in [0.25, 0.3) is 5.91 Å². The maximum Gasteiger partial charge on any atom is 0.326 e. The molecular weight excluding hydrogens is 328 g/mol. The molecule has 0 aromatic carbocycles. The molecule has 6 nitrogen and oxygen atoms in total. The lowest BCUT2D eigenvalue weighted by atomic mass is 9.93. The summed E-state index contributed by atoms with van der Waals surface area (Å²) in [5.74, 6) is -1.68. The Hall–Kier alpha value is -1.47. The first-order chi connectivity index (χ1) is 9.59. The first kappa shape index (κ1) is 14.9. The Bertz CT molecular complexity index is 503. The van der Waals surface area contributed by atoms with Gasteiger partial charge < -0.3 is 15.2 Å². The second-order valence-corrected chi connectivity index (χ2v) is 5.48. The van der Waals surface area contributed by atoms with Crippen molar-refractivity contribution in [2.24, 2.45) is 5.92 Å². The monoisotopic (exact) mass is 342 g/mol. The second-order valence-electron chi connectivity index (χ2n) is 4.62. The maximum atomic E-state index is 12.1. The van der Waals surface area contributed by atoms with E-state index in [1.165, 1.54) is 18.5 Å². The second kappa shape index (κ2) is 6.81. The largest absolute Gasteiger partial charge is 0.480 e. The summed E-state index contributed by atoms with van der Waals surface area (Å²) >= 11 is 3.22. The SMILES string of the molecule is O=C(NC(C(=O)O)C1CCCOC1)c1ccncc1Br. The fraction of sp³-hybridized carbons (Fsp3) is 0.462. The van der Waals surface area contributed by atoms with E-state index in [4.69, 9.17) is 4.74 Å². The molecule has 2 atom stereocenters. The first-order valence-corrected chi connectivity index (χ1v) is 7.10. The number of rotatable bonds is 4. The highest BCUT2D eigenvalue weighted by atomic mass is 79.9. The van der Waals surface area contributed by atoms with Crippen molar-refractivity contribution >= 4 is 27.8 Å². The number of amides is 1. The molecule has 1 fully saturated rings. The Morgan fingerprint density at radius 3 is 2.95 bits per heavy atom. The number of hydrogen-bond acceptors (Lipinski definition) is 4. The highest BCUT2D eigenvalue weighted by Gasteiger charge is 2.31. The molecule has 2 rings (SSSR count). The Balaban J connectivity index is 2.10. The Kier molecular flexibility index (Phi) is 5.08. The number of halogens is 1. The van der Waals surface area contributed by atoms with Crippen LogP contribution in [0, 0.1) is 5.92 Å². The average Bonchev–Trinajstić information content (AvgIpc) is 2.45. The van der Waals surface area contributed by atoms with E-state index in [-0.39, 0.29) is 5.92 Å². The van der Waals surface area contributed by atoms with Gasteiger partial charge in [-0.15, -0.1) is 0 Å². The van der Waals surface area contributed by atoms with E-state index in [1.54, 1.807) is 0 Å². The van der Waals surface area contributed by atoms with Crippen molar-refractivity contribution in [2.75, 3.05) is 13.2 Å². The summed E-state index contributed by atoms with van der Waals surface area (Å²) in [6.07, 6.45) is 4.52. The van der Waals surface area contributed by atoms with Gasteiger partial charge in [0.05, 0.1) is 12.2 Å². The molecule has 1 saturated heterocycles. The number of nitrogens with one attached hydrogen (secondary N) is 1. The predicted molar refractivity (Wildman–Crippen MR) is 74.4 cm³/mol. The minimum Gasteiger partial charge on any atom is -0.480 e. The minimum atomic E-state index is -1.04. The van der Waals surface area contributed by atoms with Crippen molar-refractivity contribution in [1.82, 2.24) is 10.3 Å². The first-order valence-electron chi connectivity index (χ1n) is 6.30. The number of carbonyl (C=O) groups is 2. The molecule has 1 amide bonds. The summed E-state index contributed by atoms with van der Waals surface area (Å²) in [6, 6.07) is 0.596. The van der Waals surface area contributed by atoms with Crippen LogP contribution in [-0.4, -0.2) is 41.2 Å². The zero-order valence-electron chi connectivity index (χ0n) is 10.7. The van der Waals surface area contributed by atoms with Gasteiger partial charge >= 0.3 is 5.97 Å². The smallest absolute Gasteiger partial charge is 0.326 e. The molecule has 1 aromatic rings. The van der Waals surface area contributed by atoms with Crippen LogP contribution in [0.25, 0.3) is 0 Å². The lowest BCUT2D eigenvalue weighted by Crippen LogP contribution is -2.48. The van der Waals surface area contributed by atoms with Crippen LogP contribution in [0.5, 0.6) is 0 Å². The van der Waals surface area contributed by atoms with Gasteiger partial charge in [0, 0.05) is 29.4 Å². The van der Waals surface area contributed by atoms with Crippen molar-refractivity contribution < 1.29 is 19.4 Å². The molecule has 2 heterocycles. The van der Waals surface area contributed by atoms with E-state index < -0.39 is 17.9 Å². The number of aromatic nitrogens is 1. The van der Waals surface area contributed by atoms with E-state index in [0.717, 1.165) is 12.8 Å². The van der Waals surface area contributed by atoms with Crippen molar-refractivity contribution in [3.05, 3.63) is 28.5 Å². The summed E-state index contributed by atoms with van der Waals surface area (Å²) in [6.45, 7) is 1.00. The number of carboxylic acid groups (broad SMARTS) is 1. The summed E-state index contributed by atoms with van der Waals surface area (Å²) in [5.41, 5.74) is 0.364. The van der Waals surface area contributed by atoms with Gasteiger partial charge in [-0.25, -0.2) is 4.79 Å². The molecule has 0 radical (unpaired) electrons. The fourth-order valence-corrected chi connectivity index (χ4v) is 2.62. The lowest BCUT2D eigenvalue weighted by Gasteiger charge is -2.28. The number of aliphatic carboxylic acids is 1. The fourth-order valence-electron chi connectivity index (χ4n) is 2.19. The number of pyridine rings is 1. The van der Waals surface area contributed by atoms with Gasteiger partial charge in [-0.3, -0.25) is 9.78 Å². The normalized spacial score (nSPS) is 20.1. The zero-order valence-corrected chi connectivity index (χ0v) is 12.3. The van der Waals surface area contributed by atoms with Gasteiger partial charge in [-0.1, -0.05) is 0 Å². The van der Waals surface area contributed by atoms with Crippen LogP contribution >= 0.6 is 15.9 Å². The van der Waals surface area contributed by atoms with Gasteiger partial charge in [0.2, 0.25) is 0 Å². The lowest BCUT2D eigenvalue weighted by molar-refractivity contribution is -0.142. The Labute approximate surface area is 124 Å². The van der Waals surface area contributed by atoms with E-state index in [0.29, 0.717) is 23.2 Å². The molecule has 20 heavy (non-hydrogen) atoms. The van der Waals surface area contributed by atoms with Gasteiger partial charge in [0.1, 0.15) is 6.04 Å². The number of ether oxygens (including phenoxy) is 1. The molecule has 1 aliphatic heterocycles. The molecule has 2 unspecified atom stereocenters. The Morgan fingerprint density at radius 1 is 1.55 bits per heavy atom. The highest BCUT2D eigenvalue weighted by Crippen LogP contribution is 2.19. The van der Waals surface area contributed by atoms with Crippen LogP contribution in [0.4, 0.5) is 0 Å². The third-order valence-corrected chi connectivity index (χ3v) is 3.87. The molecule has 0 aliphatic carbocycles. The molecule has 2 N–H and O–H groups in total. The number of nitrogens with zero attached hydrogens (tertiary/aromatic N) is 1. The Morgan fingerprint density at radius 2 is 2.35 bits per heavy atom. The molecular formula is C13H15BrN2O4. The molecule has 1 aliphatic rings. The predicted octanol–water partition coefficient (Wildman–Crippen LogP) is 1.45. The molecule has 7 heteroatoms. The summed E-state index contributed by atoms with van der Waals surface area (Å²) in [4.78, 5) is 27.4. The van der Waals surface area contributed by atoms with Crippen molar-refractivity contribution in [1.29, 1.82) is 0 Å². The van der Waals surface area contributed by atoms with Crippen molar-refractivity contribution in [3.63, 3.8) is 0 Å². The quantitative estimate of drug-likeness (QED) is 0.864. The van der Waals surface area contributed by atoms with Gasteiger partial charge in [-0.2, -0.15) is 0 Å². The zero-order chi connectivity index (χ0) is 14.5. The molecule has 0 saturated carbocycles. The van der Waals surface area contributed by atoms with Crippen LogP contribution in [0.2, 0.25) is 0 Å². The molecule has 0 bridgehead atoms. The highest BCUT2D eigenvalue weighted by molar-refractivity contribution is 9.10. The number of carbonyl (C=O) groups excluding carboxylic acids is 1. The molecule has 1 aromatic heterocycles. The van der Waals surface area contributed by atoms with E-state index in [9.17, 15) is 14.7 Å². The summed E-state index contributed by atoms with van der Waals surface area (Å²) in [7, 11) is 0. The van der Waals surface area contributed by atoms with Gasteiger partial charge in [0.15, 0.2) is 0 Å². The van der Waals surface area contributed by atoms with Crippen LogP contribution in [0.1, 0.15) is 23.2 Å². The third-order valence-electron chi connectivity index (χ3n) is 3.24.